The quantitative estimate of drug-likeness (QED) is 0.289. The van der Waals surface area contributed by atoms with Crippen LogP contribution in [-0.2, 0) is 10.0 Å². The first-order chi connectivity index (χ1) is 17.2. The molecule has 0 aliphatic heterocycles. The van der Waals surface area contributed by atoms with Crippen LogP contribution in [0.4, 0.5) is 5.69 Å². The highest BCUT2D eigenvalue weighted by Crippen LogP contribution is 2.48. The Morgan fingerprint density at radius 3 is 2.56 bits per heavy atom. The summed E-state index contributed by atoms with van der Waals surface area (Å²) in [5, 5.41) is 24.8. The summed E-state index contributed by atoms with van der Waals surface area (Å²) >= 11 is 0. The molecule has 194 valence electrons. The van der Waals surface area contributed by atoms with Crippen molar-refractivity contribution < 1.29 is 28.1 Å². The van der Waals surface area contributed by atoms with Crippen LogP contribution in [0.2, 0.25) is 0 Å². The average Bonchev–Trinajstić information content (AvgIpc) is 3.66. The Morgan fingerprint density at radius 1 is 1.11 bits per heavy atom. The Labute approximate surface area is 211 Å². The smallest absolute Gasteiger partial charge is 0.241 e. The molecule has 1 saturated carbocycles. The topological polar surface area (TPSA) is 130 Å². The molecule has 1 heterocycles. The normalized spacial score (nSPS) is 16.4. The van der Waals surface area contributed by atoms with Crippen molar-refractivity contribution in [3.05, 3.63) is 54.4 Å². The zero-order valence-electron chi connectivity index (χ0n) is 20.7. The first-order valence-corrected chi connectivity index (χ1v) is 13.4. The van der Waals surface area contributed by atoms with E-state index in [4.69, 9.17) is 9.47 Å². The van der Waals surface area contributed by atoms with Gasteiger partial charge in [-0.25, -0.2) is 13.1 Å². The van der Waals surface area contributed by atoms with E-state index in [-0.39, 0.29) is 16.9 Å². The van der Waals surface area contributed by atoms with E-state index >= 15 is 0 Å². The number of fused-ring (bicyclic) bond motifs is 1. The molecule has 1 aliphatic rings. The van der Waals surface area contributed by atoms with E-state index < -0.39 is 22.2 Å². The van der Waals surface area contributed by atoms with Crippen molar-refractivity contribution in [3.63, 3.8) is 0 Å². The number of anilines is 1. The fraction of sp³-hybridized carbons (Fsp3) is 0.423. The van der Waals surface area contributed by atoms with Crippen molar-refractivity contribution in [3.8, 4) is 11.5 Å². The molecule has 1 fully saturated rings. The number of benzene rings is 2. The first kappa shape index (κ1) is 26.2. The van der Waals surface area contributed by atoms with E-state index in [1.54, 1.807) is 55.9 Å². The molecule has 36 heavy (non-hydrogen) atoms. The molecule has 2 unspecified atom stereocenters. The van der Waals surface area contributed by atoms with Gasteiger partial charge in [0.25, 0.3) is 0 Å². The Morgan fingerprint density at radius 2 is 1.89 bits per heavy atom. The summed E-state index contributed by atoms with van der Waals surface area (Å²) in [6.45, 7) is 2.17. The minimum Gasteiger partial charge on any atom is -0.497 e. The summed E-state index contributed by atoms with van der Waals surface area (Å²) in [4.78, 5) is 4.35. The molecule has 0 amide bonds. The SMILES string of the molecule is COc1ccc(OC)c(C(O)C(C)Nc2ccc(S(=O)(=O)NCC3(CCO)CC3)c3ccncc23)c1. The molecule has 0 bridgehead atoms. The highest BCUT2D eigenvalue weighted by Gasteiger charge is 2.42. The molecule has 4 rings (SSSR count). The number of hydrogen-bond donors (Lipinski definition) is 4. The van der Waals surface area contributed by atoms with Crippen LogP contribution in [0.5, 0.6) is 11.5 Å². The number of pyridine rings is 1. The fourth-order valence-corrected chi connectivity index (χ4v) is 5.81. The minimum atomic E-state index is -3.79. The molecule has 0 saturated heterocycles. The van der Waals surface area contributed by atoms with Crippen LogP contribution in [0, 0.1) is 5.41 Å². The van der Waals surface area contributed by atoms with Crippen LogP contribution in [0.15, 0.2) is 53.7 Å². The summed E-state index contributed by atoms with van der Waals surface area (Å²) in [5.41, 5.74) is 1.07. The van der Waals surface area contributed by atoms with Crippen LogP contribution >= 0.6 is 0 Å². The van der Waals surface area contributed by atoms with E-state index in [9.17, 15) is 18.6 Å². The van der Waals surface area contributed by atoms with Gasteiger partial charge in [-0.15, -0.1) is 0 Å². The maximum Gasteiger partial charge on any atom is 0.241 e. The van der Waals surface area contributed by atoms with Crippen LogP contribution < -0.4 is 19.5 Å². The number of aliphatic hydroxyl groups excluding tert-OH is 2. The Balaban J connectivity index is 1.60. The molecular formula is C26H33N3O6S. The maximum absolute atomic E-state index is 13.2. The standard InChI is InChI=1S/C26H33N3O6S/c1-17(25(31)20-14-18(34-2)4-6-23(20)35-3)29-22-5-7-24(19-8-12-27-15-21(19)22)36(32,33)28-16-26(9-10-26)11-13-30/h4-8,12,14-15,17,25,28-31H,9-11,13,16H2,1-3H3. The summed E-state index contributed by atoms with van der Waals surface area (Å²) in [5.74, 6) is 1.13. The largest absolute Gasteiger partial charge is 0.497 e. The molecule has 0 radical (unpaired) electrons. The summed E-state index contributed by atoms with van der Waals surface area (Å²) in [6.07, 6.45) is 4.62. The third-order valence-electron chi connectivity index (χ3n) is 6.92. The third kappa shape index (κ3) is 5.41. The van der Waals surface area contributed by atoms with Crippen molar-refractivity contribution in [1.82, 2.24) is 9.71 Å². The summed E-state index contributed by atoms with van der Waals surface area (Å²) < 4.78 is 39.8. The van der Waals surface area contributed by atoms with Gasteiger partial charge in [-0.3, -0.25) is 4.98 Å². The number of rotatable bonds is 12. The Kier molecular flexibility index (Phi) is 7.70. The van der Waals surface area contributed by atoms with Gasteiger partial charge in [0.1, 0.15) is 17.6 Å². The van der Waals surface area contributed by atoms with Gasteiger partial charge in [-0.1, -0.05) is 0 Å². The van der Waals surface area contributed by atoms with Crippen LogP contribution in [-0.4, -0.2) is 57.0 Å². The van der Waals surface area contributed by atoms with Crippen LogP contribution in [0.1, 0.15) is 37.9 Å². The van der Waals surface area contributed by atoms with Crippen molar-refractivity contribution in [1.29, 1.82) is 0 Å². The number of methoxy groups -OCH3 is 2. The van der Waals surface area contributed by atoms with Gasteiger partial charge in [-0.2, -0.15) is 0 Å². The van der Waals surface area contributed by atoms with Gasteiger partial charge in [0, 0.05) is 47.6 Å². The van der Waals surface area contributed by atoms with E-state index in [0.29, 0.717) is 46.5 Å². The molecule has 1 aliphatic carbocycles. The van der Waals surface area contributed by atoms with Crippen molar-refractivity contribution in [2.75, 3.05) is 32.7 Å². The number of nitrogens with one attached hydrogen (secondary N) is 2. The third-order valence-corrected chi connectivity index (χ3v) is 8.38. The van der Waals surface area contributed by atoms with Crippen molar-refractivity contribution in [2.45, 2.75) is 43.2 Å². The van der Waals surface area contributed by atoms with Crippen molar-refractivity contribution >= 4 is 26.5 Å². The van der Waals surface area contributed by atoms with Gasteiger partial charge in [0.15, 0.2) is 0 Å². The molecular weight excluding hydrogens is 482 g/mol. The lowest BCUT2D eigenvalue weighted by molar-refractivity contribution is 0.156. The average molecular weight is 516 g/mol. The number of ether oxygens (including phenoxy) is 2. The Bertz CT molecular complexity index is 1330. The number of nitrogens with zero attached hydrogens (tertiary/aromatic N) is 1. The molecule has 3 aromatic rings. The summed E-state index contributed by atoms with van der Waals surface area (Å²) in [6, 6.07) is 9.68. The van der Waals surface area contributed by atoms with Gasteiger partial charge in [0.2, 0.25) is 10.0 Å². The van der Waals surface area contributed by atoms with E-state index in [2.05, 4.69) is 15.0 Å². The molecule has 2 atom stereocenters. The first-order valence-electron chi connectivity index (χ1n) is 11.9. The number of sulfonamides is 1. The van der Waals surface area contributed by atoms with Gasteiger partial charge in [-0.05, 0) is 68.0 Å². The molecule has 4 N–H and O–H groups in total. The molecule has 2 aromatic carbocycles. The fourth-order valence-electron chi connectivity index (χ4n) is 4.44. The maximum atomic E-state index is 13.2. The zero-order chi connectivity index (χ0) is 25.9. The van der Waals surface area contributed by atoms with Gasteiger partial charge in [0.05, 0.1) is 25.2 Å². The molecule has 1 aromatic heterocycles. The Hall–Kier alpha value is -2.92. The lowest BCUT2D eigenvalue weighted by atomic mass is 10.0. The predicted octanol–water partition coefficient (Wildman–Crippen LogP) is 3.23. The van der Waals surface area contributed by atoms with Gasteiger partial charge >= 0.3 is 0 Å². The lowest BCUT2D eigenvalue weighted by Crippen LogP contribution is -2.31. The van der Waals surface area contributed by atoms with Crippen LogP contribution in [0.3, 0.4) is 0 Å². The minimum absolute atomic E-state index is 0.0440. The second-order valence-electron chi connectivity index (χ2n) is 9.32. The van der Waals surface area contributed by atoms with E-state index in [1.165, 1.54) is 7.11 Å². The number of aliphatic hydroxyl groups is 2. The number of hydrogen-bond acceptors (Lipinski definition) is 8. The monoisotopic (exact) mass is 515 g/mol. The van der Waals surface area contributed by atoms with E-state index in [0.717, 1.165) is 12.8 Å². The molecule has 0 spiro atoms. The van der Waals surface area contributed by atoms with Gasteiger partial charge < -0.3 is 25.0 Å². The molecule has 9 nitrogen and oxygen atoms in total. The highest BCUT2D eigenvalue weighted by molar-refractivity contribution is 7.89. The highest BCUT2D eigenvalue weighted by atomic mass is 32.2. The van der Waals surface area contributed by atoms with E-state index in [1.807, 2.05) is 6.92 Å². The predicted molar refractivity (Wildman–Crippen MR) is 138 cm³/mol. The second-order valence-corrected chi connectivity index (χ2v) is 11.1. The number of aromatic nitrogens is 1. The molecule has 10 heteroatoms. The summed E-state index contributed by atoms with van der Waals surface area (Å²) in [7, 11) is -0.692. The second kappa shape index (κ2) is 10.6. The lowest BCUT2D eigenvalue weighted by Gasteiger charge is -2.24. The van der Waals surface area contributed by atoms with Crippen molar-refractivity contribution in [2.24, 2.45) is 5.41 Å². The van der Waals surface area contributed by atoms with Crippen LogP contribution in [0.25, 0.3) is 10.8 Å². The zero-order valence-corrected chi connectivity index (χ0v) is 21.5.